The monoisotopic (exact) mass is 324 g/mol. The first-order valence-corrected chi connectivity index (χ1v) is 6.58. The second-order valence-electron chi connectivity index (χ2n) is 4.25. The highest BCUT2D eigenvalue weighted by molar-refractivity contribution is 9.10. The van der Waals surface area contributed by atoms with Crippen molar-refractivity contribution in [2.24, 2.45) is 0 Å². The van der Waals surface area contributed by atoms with Gasteiger partial charge in [-0.1, -0.05) is 0 Å². The van der Waals surface area contributed by atoms with E-state index in [0.29, 0.717) is 4.47 Å². The molecule has 0 aliphatic carbocycles. The highest BCUT2D eigenvalue weighted by Gasteiger charge is 2.13. The van der Waals surface area contributed by atoms with E-state index < -0.39 is 4.92 Å². The number of nitrogens with one attached hydrogen (secondary N) is 1. The van der Waals surface area contributed by atoms with Crippen LogP contribution in [0.25, 0.3) is 0 Å². The molecule has 2 aromatic rings. The van der Waals surface area contributed by atoms with Crippen LogP contribution in [-0.4, -0.2) is 11.0 Å². The molecule has 1 unspecified atom stereocenters. The molecular formula is C13H13BrN2O3. The molecule has 1 N–H and O–H groups in total. The average Bonchev–Trinajstić information content (AvgIpc) is 2.81. The van der Waals surface area contributed by atoms with E-state index in [1.165, 1.54) is 6.07 Å². The minimum absolute atomic E-state index is 0.0595. The molecule has 0 saturated heterocycles. The summed E-state index contributed by atoms with van der Waals surface area (Å²) in [5.41, 5.74) is 0.890. The number of nitro benzene ring substituents is 1. The Morgan fingerprint density at radius 1 is 1.47 bits per heavy atom. The maximum atomic E-state index is 10.7. The number of anilines is 1. The SMILES string of the molecule is CC(Cc1ccco1)Nc1ccc([N+](=O)[O-])c(Br)c1. The molecule has 0 radical (unpaired) electrons. The molecule has 1 aromatic heterocycles. The highest BCUT2D eigenvalue weighted by atomic mass is 79.9. The number of furan rings is 1. The Hall–Kier alpha value is -1.82. The van der Waals surface area contributed by atoms with Gasteiger partial charge < -0.3 is 9.73 Å². The first-order chi connectivity index (χ1) is 9.06. The van der Waals surface area contributed by atoms with Gasteiger partial charge in [-0.2, -0.15) is 0 Å². The van der Waals surface area contributed by atoms with Crippen molar-refractivity contribution in [1.29, 1.82) is 0 Å². The third-order valence-electron chi connectivity index (χ3n) is 2.64. The number of benzene rings is 1. The molecule has 0 amide bonds. The number of rotatable bonds is 5. The fourth-order valence-electron chi connectivity index (χ4n) is 1.81. The second kappa shape index (κ2) is 5.88. The number of hydrogen-bond acceptors (Lipinski definition) is 4. The molecule has 2 rings (SSSR count). The van der Waals surface area contributed by atoms with Gasteiger partial charge in [0.25, 0.3) is 5.69 Å². The molecular weight excluding hydrogens is 312 g/mol. The Morgan fingerprint density at radius 2 is 2.26 bits per heavy atom. The fourth-order valence-corrected chi connectivity index (χ4v) is 2.33. The van der Waals surface area contributed by atoms with Gasteiger partial charge in [0.2, 0.25) is 0 Å². The predicted octanol–water partition coefficient (Wildman–Crippen LogP) is 3.99. The van der Waals surface area contributed by atoms with Crippen molar-refractivity contribution in [2.75, 3.05) is 5.32 Å². The summed E-state index contributed by atoms with van der Waals surface area (Å²) in [7, 11) is 0. The molecule has 0 aliphatic rings. The topological polar surface area (TPSA) is 68.3 Å². The molecule has 0 aliphatic heterocycles. The van der Waals surface area contributed by atoms with Crippen LogP contribution in [0.5, 0.6) is 0 Å². The van der Waals surface area contributed by atoms with Gasteiger partial charge in [-0.05, 0) is 47.1 Å². The van der Waals surface area contributed by atoms with Crippen molar-refractivity contribution in [3.63, 3.8) is 0 Å². The smallest absolute Gasteiger partial charge is 0.283 e. The van der Waals surface area contributed by atoms with Crippen molar-refractivity contribution in [1.82, 2.24) is 0 Å². The average molecular weight is 325 g/mol. The number of halogens is 1. The first kappa shape index (κ1) is 13.6. The van der Waals surface area contributed by atoms with Crippen molar-refractivity contribution in [3.8, 4) is 0 Å². The standard InChI is InChI=1S/C13H13BrN2O3/c1-9(7-11-3-2-6-19-11)15-10-4-5-13(16(17)18)12(14)8-10/h2-6,8-9,15H,7H2,1H3. The van der Waals surface area contributed by atoms with Crippen LogP contribution in [0.2, 0.25) is 0 Å². The normalized spacial score (nSPS) is 12.1. The van der Waals surface area contributed by atoms with E-state index in [0.717, 1.165) is 17.9 Å². The number of hydrogen-bond donors (Lipinski definition) is 1. The largest absolute Gasteiger partial charge is 0.469 e. The Labute approximate surface area is 118 Å². The molecule has 0 spiro atoms. The van der Waals surface area contributed by atoms with Gasteiger partial charge in [-0.3, -0.25) is 10.1 Å². The summed E-state index contributed by atoms with van der Waals surface area (Å²) in [5, 5.41) is 14.0. The van der Waals surface area contributed by atoms with Gasteiger partial charge >= 0.3 is 0 Å². The number of nitrogens with zero attached hydrogens (tertiary/aromatic N) is 1. The van der Waals surface area contributed by atoms with Gasteiger partial charge in [-0.25, -0.2) is 0 Å². The van der Waals surface area contributed by atoms with E-state index in [9.17, 15) is 10.1 Å². The predicted molar refractivity (Wildman–Crippen MR) is 76.3 cm³/mol. The van der Waals surface area contributed by atoms with E-state index in [1.807, 2.05) is 19.1 Å². The van der Waals surface area contributed by atoms with Crippen molar-refractivity contribution in [2.45, 2.75) is 19.4 Å². The van der Waals surface area contributed by atoms with Crippen molar-refractivity contribution >= 4 is 27.3 Å². The van der Waals surface area contributed by atoms with Crippen LogP contribution >= 0.6 is 15.9 Å². The van der Waals surface area contributed by atoms with Crippen molar-refractivity contribution < 1.29 is 9.34 Å². The molecule has 1 atom stereocenters. The van der Waals surface area contributed by atoms with Crippen LogP contribution in [0, 0.1) is 10.1 Å². The second-order valence-corrected chi connectivity index (χ2v) is 5.11. The Morgan fingerprint density at radius 3 is 2.84 bits per heavy atom. The van der Waals surface area contributed by atoms with Gasteiger partial charge in [-0.15, -0.1) is 0 Å². The summed E-state index contributed by atoms with van der Waals surface area (Å²) in [6, 6.07) is 8.82. The lowest BCUT2D eigenvalue weighted by Gasteiger charge is -2.14. The van der Waals surface area contributed by atoms with Crippen molar-refractivity contribution in [3.05, 3.63) is 56.9 Å². The zero-order valence-corrected chi connectivity index (χ0v) is 11.9. The quantitative estimate of drug-likeness (QED) is 0.666. The van der Waals surface area contributed by atoms with E-state index in [4.69, 9.17) is 4.42 Å². The maximum Gasteiger partial charge on any atom is 0.283 e. The summed E-state index contributed by atoms with van der Waals surface area (Å²) >= 11 is 3.20. The number of nitro groups is 1. The first-order valence-electron chi connectivity index (χ1n) is 5.79. The van der Waals surface area contributed by atoms with Crippen LogP contribution in [0.3, 0.4) is 0 Å². The summed E-state index contributed by atoms with van der Waals surface area (Å²) < 4.78 is 5.74. The maximum absolute atomic E-state index is 10.7. The van der Waals surface area contributed by atoms with Gasteiger partial charge in [0, 0.05) is 24.2 Å². The van der Waals surface area contributed by atoms with Crippen LogP contribution < -0.4 is 5.32 Å². The third kappa shape index (κ3) is 3.57. The van der Waals surface area contributed by atoms with Crippen LogP contribution in [0.15, 0.2) is 45.5 Å². The Bertz CT molecular complexity index is 569. The molecule has 5 nitrogen and oxygen atoms in total. The van der Waals surface area contributed by atoms with Crippen LogP contribution in [0.4, 0.5) is 11.4 Å². The molecule has 1 heterocycles. The lowest BCUT2D eigenvalue weighted by atomic mass is 10.2. The lowest BCUT2D eigenvalue weighted by molar-refractivity contribution is -0.385. The zero-order valence-electron chi connectivity index (χ0n) is 10.3. The molecule has 19 heavy (non-hydrogen) atoms. The molecule has 0 bridgehead atoms. The highest BCUT2D eigenvalue weighted by Crippen LogP contribution is 2.28. The summed E-state index contributed by atoms with van der Waals surface area (Å²) in [5.74, 6) is 0.904. The molecule has 0 fully saturated rings. The zero-order chi connectivity index (χ0) is 13.8. The van der Waals surface area contributed by atoms with E-state index in [1.54, 1.807) is 18.4 Å². The molecule has 0 saturated carbocycles. The molecule has 100 valence electrons. The molecule has 6 heteroatoms. The van der Waals surface area contributed by atoms with E-state index in [2.05, 4.69) is 21.2 Å². The minimum Gasteiger partial charge on any atom is -0.469 e. The lowest BCUT2D eigenvalue weighted by Crippen LogP contribution is -2.17. The summed E-state index contributed by atoms with van der Waals surface area (Å²) in [6.45, 7) is 2.03. The van der Waals surface area contributed by atoms with Crippen LogP contribution in [0.1, 0.15) is 12.7 Å². The van der Waals surface area contributed by atoms with Gasteiger partial charge in [0.15, 0.2) is 0 Å². The minimum atomic E-state index is -0.417. The Kier molecular flexibility index (Phi) is 4.21. The van der Waals surface area contributed by atoms with Gasteiger partial charge in [0.1, 0.15) is 5.76 Å². The molecule has 1 aromatic carbocycles. The summed E-state index contributed by atoms with van der Waals surface area (Å²) in [6.07, 6.45) is 2.39. The van der Waals surface area contributed by atoms with Crippen LogP contribution in [-0.2, 0) is 6.42 Å². The van der Waals surface area contributed by atoms with E-state index >= 15 is 0 Å². The fraction of sp³-hybridized carbons (Fsp3) is 0.231. The van der Waals surface area contributed by atoms with E-state index in [-0.39, 0.29) is 11.7 Å². The summed E-state index contributed by atoms with van der Waals surface area (Å²) in [4.78, 5) is 10.3. The van der Waals surface area contributed by atoms with Gasteiger partial charge in [0.05, 0.1) is 15.7 Å². The Balaban J connectivity index is 2.03. The third-order valence-corrected chi connectivity index (χ3v) is 3.28.